The van der Waals surface area contributed by atoms with Crippen LogP contribution >= 0.6 is 0 Å². The van der Waals surface area contributed by atoms with Crippen LogP contribution in [-0.4, -0.2) is 57.9 Å². The maximum absolute atomic E-state index is 13.8. The lowest BCUT2D eigenvalue weighted by molar-refractivity contribution is 0.0582. The zero-order valence-corrected chi connectivity index (χ0v) is 22.9. The Labute approximate surface area is 229 Å². The van der Waals surface area contributed by atoms with E-state index in [0.29, 0.717) is 47.9 Å². The number of rotatable bonds is 11. The molecule has 0 fully saturated rings. The van der Waals surface area contributed by atoms with Crippen LogP contribution in [0.15, 0.2) is 60.7 Å². The third-order valence-corrected chi connectivity index (χ3v) is 6.81. The van der Waals surface area contributed by atoms with Crippen LogP contribution in [0.4, 0.5) is 0 Å². The Hall–Kier alpha value is -4.20. The third-order valence-electron chi connectivity index (χ3n) is 6.81. The summed E-state index contributed by atoms with van der Waals surface area (Å²) in [6.07, 6.45) is 2.71. The van der Waals surface area contributed by atoms with Gasteiger partial charge in [-0.1, -0.05) is 13.3 Å². The Kier molecular flexibility index (Phi) is 9.31. The number of benzene rings is 3. The molecule has 206 valence electrons. The van der Waals surface area contributed by atoms with Gasteiger partial charge < -0.3 is 28.6 Å². The normalized spacial score (nSPS) is 14.3. The lowest BCUT2D eigenvalue weighted by Gasteiger charge is -2.37. The van der Waals surface area contributed by atoms with E-state index in [-0.39, 0.29) is 18.6 Å². The highest BCUT2D eigenvalue weighted by atomic mass is 16.5. The second-order valence-electron chi connectivity index (χ2n) is 9.22. The topological polar surface area (TPSA) is 83.5 Å². The Morgan fingerprint density at radius 2 is 1.46 bits per heavy atom. The number of nitrogens with zero attached hydrogens (tertiary/aromatic N) is 1. The van der Waals surface area contributed by atoms with Crippen molar-refractivity contribution in [1.29, 1.82) is 0 Å². The maximum Gasteiger partial charge on any atom is 0.337 e. The fraction of sp³-hybridized carbons (Fsp3) is 0.355. The molecule has 0 spiro atoms. The lowest BCUT2D eigenvalue weighted by atomic mass is 9.91. The summed E-state index contributed by atoms with van der Waals surface area (Å²) in [6.45, 7) is 3.50. The minimum atomic E-state index is -0.414. The van der Waals surface area contributed by atoms with E-state index in [4.69, 9.17) is 23.7 Å². The quantitative estimate of drug-likeness (QED) is 0.238. The predicted molar refractivity (Wildman–Crippen MR) is 147 cm³/mol. The van der Waals surface area contributed by atoms with Crippen molar-refractivity contribution in [2.45, 2.75) is 32.2 Å². The second-order valence-corrected chi connectivity index (χ2v) is 9.22. The molecule has 3 aromatic rings. The number of hydrogen-bond donors (Lipinski definition) is 0. The summed E-state index contributed by atoms with van der Waals surface area (Å²) in [4.78, 5) is 27.4. The summed E-state index contributed by atoms with van der Waals surface area (Å²) in [5.74, 6) is 2.05. The number of hydrogen-bond acceptors (Lipinski definition) is 7. The first-order valence-corrected chi connectivity index (χ1v) is 13.1. The van der Waals surface area contributed by atoms with Gasteiger partial charge in [0.15, 0.2) is 11.5 Å². The van der Waals surface area contributed by atoms with E-state index in [1.54, 1.807) is 50.6 Å². The number of esters is 1. The summed E-state index contributed by atoms with van der Waals surface area (Å²) in [7, 11) is 4.54. The van der Waals surface area contributed by atoms with Gasteiger partial charge in [-0.3, -0.25) is 4.79 Å². The highest BCUT2D eigenvalue weighted by Crippen LogP contribution is 2.39. The van der Waals surface area contributed by atoms with Gasteiger partial charge in [0.25, 0.3) is 5.91 Å². The second kappa shape index (κ2) is 13.0. The molecule has 0 saturated carbocycles. The zero-order chi connectivity index (χ0) is 27.8. The van der Waals surface area contributed by atoms with Crippen molar-refractivity contribution in [3.8, 4) is 23.0 Å². The van der Waals surface area contributed by atoms with E-state index in [2.05, 4.69) is 6.92 Å². The molecule has 8 nitrogen and oxygen atoms in total. The third kappa shape index (κ3) is 6.45. The van der Waals surface area contributed by atoms with Gasteiger partial charge in [-0.25, -0.2) is 4.79 Å². The molecule has 0 aliphatic carbocycles. The average molecular weight is 534 g/mol. The summed E-state index contributed by atoms with van der Waals surface area (Å²) in [6, 6.07) is 17.5. The van der Waals surface area contributed by atoms with Crippen LogP contribution in [0, 0.1) is 0 Å². The molecule has 0 bridgehead atoms. The number of unbranched alkanes of at least 4 members (excludes halogenated alkanes) is 1. The highest BCUT2D eigenvalue weighted by Gasteiger charge is 2.33. The summed E-state index contributed by atoms with van der Waals surface area (Å²) in [5, 5.41) is 0. The summed E-state index contributed by atoms with van der Waals surface area (Å²) < 4.78 is 27.8. The van der Waals surface area contributed by atoms with E-state index < -0.39 is 5.97 Å². The Balaban J connectivity index is 1.60. The predicted octanol–water partition coefficient (Wildman–Crippen LogP) is 5.49. The molecule has 1 amide bonds. The summed E-state index contributed by atoms with van der Waals surface area (Å²) in [5.41, 5.74) is 3.03. The molecule has 1 aliphatic rings. The molecular weight excluding hydrogens is 498 g/mol. The van der Waals surface area contributed by atoms with Gasteiger partial charge in [0, 0.05) is 12.1 Å². The first-order chi connectivity index (χ1) is 19.0. The fourth-order valence-corrected chi connectivity index (χ4v) is 4.63. The lowest BCUT2D eigenvalue weighted by Crippen LogP contribution is -2.42. The number of carbonyl (C=O) groups is 2. The molecule has 1 aliphatic heterocycles. The molecule has 8 heteroatoms. The first-order valence-electron chi connectivity index (χ1n) is 13.1. The Morgan fingerprint density at radius 1 is 0.846 bits per heavy atom. The molecule has 0 radical (unpaired) electrons. The average Bonchev–Trinajstić information content (AvgIpc) is 2.99. The van der Waals surface area contributed by atoms with Gasteiger partial charge >= 0.3 is 5.97 Å². The van der Waals surface area contributed by atoms with Crippen LogP contribution in [0.3, 0.4) is 0 Å². The van der Waals surface area contributed by atoms with Gasteiger partial charge in [0.1, 0.15) is 18.1 Å². The molecule has 4 rings (SSSR count). The number of ether oxygens (including phenoxy) is 5. The fourth-order valence-electron chi connectivity index (χ4n) is 4.63. The van der Waals surface area contributed by atoms with Crippen molar-refractivity contribution >= 4 is 11.9 Å². The first kappa shape index (κ1) is 27.8. The number of amides is 1. The number of carbonyl (C=O) groups excluding carboxylic acids is 2. The minimum absolute atomic E-state index is 0.0924. The number of methoxy groups -OCH3 is 3. The molecule has 0 N–H and O–H groups in total. The largest absolute Gasteiger partial charge is 0.494 e. The van der Waals surface area contributed by atoms with Crippen molar-refractivity contribution in [3.05, 3.63) is 82.9 Å². The molecule has 1 unspecified atom stereocenters. The van der Waals surface area contributed by atoms with E-state index in [1.165, 1.54) is 7.11 Å². The van der Waals surface area contributed by atoms with Crippen molar-refractivity contribution in [2.75, 3.05) is 41.1 Å². The summed E-state index contributed by atoms with van der Waals surface area (Å²) >= 11 is 0. The van der Waals surface area contributed by atoms with Crippen molar-refractivity contribution < 1.29 is 33.3 Å². The van der Waals surface area contributed by atoms with Crippen molar-refractivity contribution in [3.63, 3.8) is 0 Å². The maximum atomic E-state index is 13.8. The molecule has 0 aromatic heterocycles. The smallest absolute Gasteiger partial charge is 0.337 e. The Bertz CT molecular complexity index is 1270. The number of fused-ring (bicyclic) bond motifs is 1. The molecule has 3 aromatic carbocycles. The van der Waals surface area contributed by atoms with Crippen LogP contribution in [0.25, 0.3) is 0 Å². The van der Waals surface area contributed by atoms with Gasteiger partial charge in [-0.2, -0.15) is 0 Å². The van der Waals surface area contributed by atoms with Crippen LogP contribution < -0.4 is 18.9 Å². The van der Waals surface area contributed by atoms with Crippen LogP contribution in [0.5, 0.6) is 23.0 Å². The van der Waals surface area contributed by atoms with E-state index >= 15 is 0 Å². The van der Waals surface area contributed by atoms with Crippen molar-refractivity contribution in [2.24, 2.45) is 0 Å². The van der Waals surface area contributed by atoms with Gasteiger partial charge in [0.2, 0.25) is 0 Å². The van der Waals surface area contributed by atoms with Gasteiger partial charge in [0.05, 0.1) is 39.5 Å². The SMILES string of the molecule is CCCCOc1ccc(C(=O)N2CCc3cc(OC)c(OC)cc3C2COc2ccc(C(=O)OC)cc2)cc1. The standard InChI is InChI=1S/C31H35NO7/c1-5-6-17-38-24-11-7-21(8-12-24)30(33)32-16-15-23-18-28(35-2)29(36-3)19-26(23)27(32)20-39-25-13-9-22(10-14-25)31(34)37-4/h7-14,18-19,27H,5-6,15-17,20H2,1-4H3. The molecule has 39 heavy (non-hydrogen) atoms. The molecular formula is C31H35NO7. The van der Waals surface area contributed by atoms with Crippen LogP contribution in [-0.2, 0) is 11.2 Å². The van der Waals surface area contributed by atoms with Gasteiger partial charge in [-0.05, 0) is 84.6 Å². The Morgan fingerprint density at radius 3 is 2.08 bits per heavy atom. The van der Waals surface area contributed by atoms with Crippen molar-refractivity contribution in [1.82, 2.24) is 4.90 Å². The molecule has 1 atom stereocenters. The van der Waals surface area contributed by atoms with E-state index in [9.17, 15) is 9.59 Å². The van der Waals surface area contributed by atoms with Crippen LogP contribution in [0.1, 0.15) is 57.7 Å². The minimum Gasteiger partial charge on any atom is -0.494 e. The van der Waals surface area contributed by atoms with Crippen LogP contribution in [0.2, 0.25) is 0 Å². The zero-order valence-electron chi connectivity index (χ0n) is 22.9. The van der Waals surface area contributed by atoms with E-state index in [0.717, 1.165) is 29.7 Å². The van der Waals surface area contributed by atoms with E-state index in [1.807, 2.05) is 29.2 Å². The molecule has 0 saturated heterocycles. The highest BCUT2D eigenvalue weighted by molar-refractivity contribution is 5.95. The monoisotopic (exact) mass is 533 g/mol. The molecule has 1 heterocycles. The van der Waals surface area contributed by atoms with Gasteiger partial charge in [-0.15, -0.1) is 0 Å².